The summed E-state index contributed by atoms with van der Waals surface area (Å²) in [5.41, 5.74) is 1.91. The van der Waals surface area contributed by atoms with Gasteiger partial charge in [0.2, 0.25) is 6.29 Å². The Morgan fingerprint density at radius 2 is 1.35 bits per heavy atom. The van der Waals surface area contributed by atoms with E-state index < -0.39 is 12.3 Å². The lowest BCUT2D eigenvalue weighted by Crippen LogP contribution is -2.37. The molecule has 0 N–H and O–H groups in total. The molecule has 0 fully saturated rings. The summed E-state index contributed by atoms with van der Waals surface area (Å²) >= 11 is 0. The van der Waals surface area contributed by atoms with Gasteiger partial charge >= 0.3 is 0 Å². The van der Waals surface area contributed by atoms with Gasteiger partial charge in [0.1, 0.15) is 0 Å². The maximum absolute atomic E-state index is 11.2. The topological polar surface area (TPSA) is 61.6 Å². The maximum atomic E-state index is 11.2. The van der Waals surface area contributed by atoms with Gasteiger partial charge in [-0.05, 0) is 11.1 Å². The molecular formula is C18H21NO4. The number of ether oxygens (including phenoxy) is 2. The van der Waals surface area contributed by atoms with E-state index >= 15 is 0 Å². The number of nitrogens with zero attached hydrogens (tertiary/aromatic N) is 1. The Kier molecular flexibility index (Phi) is 6.72. The molecule has 0 aliphatic carbocycles. The molecule has 1 unspecified atom stereocenters. The second-order valence-corrected chi connectivity index (χ2v) is 5.22. The van der Waals surface area contributed by atoms with Crippen molar-refractivity contribution < 1.29 is 14.4 Å². The fourth-order valence-electron chi connectivity index (χ4n) is 2.22. The third-order valence-electron chi connectivity index (χ3n) is 3.52. The summed E-state index contributed by atoms with van der Waals surface area (Å²) in [6.07, 6.45) is -0.531. The normalized spacial score (nSPS) is 12.3. The molecule has 0 radical (unpaired) electrons. The third-order valence-corrected chi connectivity index (χ3v) is 3.52. The first kappa shape index (κ1) is 17.1. The largest absolute Gasteiger partial charge is 0.342 e. The second kappa shape index (κ2) is 9.02. The summed E-state index contributed by atoms with van der Waals surface area (Å²) < 4.78 is 11.4. The van der Waals surface area contributed by atoms with Crippen molar-refractivity contribution in [2.45, 2.75) is 38.9 Å². The standard InChI is InChI=1S/C18H21NO4/c1-2-17(19(20)21)18(22-13-15-9-5-3-6-10-15)23-14-16-11-7-4-8-12-16/h3-12,17-18H,2,13-14H2,1H3. The van der Waals surface area contributed by atoms with Crippen LogP contribution in [0.1, 0.15) is 24.5 Å². The fourth-order valence-corrected chi connectivity index (χ4v) is 2.22. The molecule has 0 bridgehead atoms. The third kappa shape index (κ3) is 5.47. The molecule has 0 spiro atoms. The number of benzene rings is 2. The van der Waals surface area contributed by atoms with Crippen LogP contribution in [-0.4, -0.2) is 17.3 Å². The Morgan fingerprint density at radius 3 is 1.70 bits per heavy atom. The molecule has 5 nitrogen and oxygen atoms in total. The van der Waals surface area contributed by atoms with Crippen LogP contribution in [0.3, 0.4) is 0 Å². The highest BCUT2D eigenvalue weighted by atomic mass is 16.7. The van der Waals surface area contributed by atoms with E-state index in [1.54, 1.807) is 6.92 Å². The average molecular weight is 315 g/mol. The SMILES string of the molecule is CCC(C(OCc1ccccc1)OCc1ccccc1)[N+](=O)[O-]. The van der Waals surface area contributed by atoms with E-state index in [2.05, 4.69) is 0 Å². The zero-order chi connectivity index (χ0) is 16.5. The Labute approximate surface area is 136 Å². The van der Waals surface area contributed by atoms with Gasteiger partial charge in [0.25, 0.3) is 6.04 Å². The molecule has 0 saturated carbocycles. The van der Waals surface area contributed by atoms with Gasteiger partial charge < -0.3 is 9.47 Å². The molecule has 0 saturated heterocycles. The smallest absolute Gasteiger partial charge is 0.262 e. The first-order valence-electron chi connectivity index (χ1n) is 7.65. The van der Waals surface area contributed by atoms with Crippen LogP contribution < -0.4 is 0 Å². The predicted molar refractivity (Wildman–Crippen MR) is 87.3 cm³/mol. The molecular weight excluding hydrogens is 294 g/mol. The van der Waals surface area contributed by atoms with Crippen molar-refractivity contribution in [3.05, 3.63) is 81.9 Å². The molecule has 0 aliphatic rings. The van der Waals surface area contributed by atoms with Crippen molar-refractivity contribution in [2.24, 2.45) is 0 Å². The molecule has 0 heterocycles. The van der Waals surface area contributed by atoms with Gasteiger partial charge in [0.05, 0.1) is 13.2 Å². The monoisotopic (exact) mass is 315 g/mol. The van der Waals surface area contributed by atoms with Crippen molar-refractivity contribution in [3.8, 4) is 0 Å². The maximum Gasteiger partial charge on any atom is 0.262 e. The van der Waals surface area contributed by atoms with Gasteiger partial charge in [-0.25, -0.2) is 0 Å². The summed E-state index contributed by atoms with van der Waals surface area (Å²) in [4.78, 5) is 10.9. The molecule has 1 atom stereocenters. The van der Waals surface area contributed by atoms with Crippen molar-refractivity contribution in [2.75, 3.05) is 0 Å². The molecule has 2 rings (SSSR count). The van der Waals surface area contributed by atoms with Crippen LogP contribution in [0.5, 0.6) is 0 Å². The summed E-state index contributed by atoms with van der Waals surface area (Å²) in [7, 11) is 0. The fraction of sp³-hybridized carbons (Fsp3) is 0.333. The van der Waals surface area contributed by atoms with E-state index in [1.165, 1.54) is 0 Å². The molecule has 0 aliphatic heterocycles. The Morgan fingerprint density at radius 1 is 0.913 bits per heavy atom. The lowest BCUT2D eigenvalue weighted by Gasteiger charge is -2.21. The van der Waals surface area contributed by atoms with Gasteiger partial charge in [-0.3, -0.25) is 10.1 Å². The molecule has 5 heteroatoms. The van der Waals surface area contributed by atoms with Crippen LogP contribution in [0.15, 0.2) is 60.7 Å². The highest BCUT2D eigenvalue weighted by Crippen LogP contribution is 2.15. The van der Waals surface area contributed by atoms with Gasteiger partial charge in [0.15, 0.2) is 0 Å². The van der Waals surface area contributed by atoms with E-state index in [0.717, 1.165) is 11.1 Å². The zero-order valence-electron chi connectivity index (χ0n) is 13.1. The Hall–Kier alpha value is -2.24. The van der Waals surface area contributed by atoms with Crippen LogP contribution in [0.4, 0.5) is 0 Å². The number of nitro groups is 1. The van der Waals surface area contributed by atoms with Crippen LogP contribution in [0, 0.1) is 10.1 Å². The first-order chi connectivity index (χ1) is 11.2. The van der Waals surface area contributed by atoms with E-state index in [1.807, 2.05) is 60.7 Å². The predicted octanol–water partition coefficient (Wildman–Crippen LogP) is 3.80. The minimum absolute atomic E-state index is 0.282. The minimum atomic E-state index is -0.887. The molecule has 2 aromatic rings. The zero-order valence-corrected chi connectivity index (χ0v) is 13.1. The Balaban J connectivity index is 2.00. The number of hydrogen-bond acceptors (Lipinski definition) is 4. The molecule has 0 amide bonds. The molecule has 23 heavy (non-hydrogen) atoms. The van der Waals surface area contributed by atoms with Crippen LogP contribution in [0.25, 0.3) is 0 Å². The number of hydrogen-bond donors (Lipinski definition) is 0. The van der Waals surface area contributed by atoms with E-state index in [-0.39, 0.29) is 18.1 Å². The van der Waals surface area contributed by atoms with Gasteiger partial charge in [-0.15, -0.1) is 0 Å². The highest BCUT2D eigenvalue weighted by molar-refractivity contribution is 5.14. The highest BCUT2D eigenvalue weighted by Gasteiger charge is 2.31. The van der Waals surface area contributed by atoms with E-state index in [9.17, 15) is 10.1 Å². The van der Waals surface area contributed by atoms with Crippen molar-refractivity contribution >= 4 is 0 Å². The van der Waals surface area contributed by atoms with Crippen LogP contribution >= 0.6 is 0 Å². The molecule has 122 valence electrons. The van der Waals surface area contributed by atoms with Crippen LogP contribution in [0.2, 0.25) is 0 Å². The van der Waals surface area contributed by atoms with Gasteiger partial charge in [-0.2, -0.15) is 0 Å². The summed E-state index contributed by atoms with van der Waals surface area (Å²) in [5, 5.41) is 11.2. The van der Waals surface area contributed by atoms with Crippen molar-refractivity contribution in [1.82, 2.24) is 0 Å². The second-order valence-electron chi connectivity index (χ2n) is 5.22. The lowest BCUT2D eigenvalue weighted by atomic mass is 10.2. The first-order valence-corrected chi connectivity index (χ1v) is 7.65. The summed E-state index contributed by atoms with van der Waals surface area (Å²) in [5.74, 6) is 0. The minimum Gasteiger partial charge on any atom is -0.342 e. The van der Waals surface area contributed by atoms with Crippen molar-refractivity contribution in [3.63, 3.8) is 0 Å². The quantitative estimate of drug-likeness (QED) is 0.401. The lowest BCUT2D eigenvalue weighted by molar-refractivity contribution is -0.551. The van der Waals surface area contributed by atoms with E-state index in [0.29, 0.717) is 6.42 Å². The van der Waals surface area contributed by atoms with Crippen LogP contribution in [-0.2, 0) is 22.7 Å². The van der Waals surface area contributed by atoms with Crippen molar-refractivity contribution in [1.29, 1.82) is 0 Å². The number of rotatable bonds is 9. The summed E-state index contributed by atoms with van der Waals surface area (Å²) in [6.45, 7) is 2.33. The van der Waals surface area contributed by atoms with Gasteiger partial charge in [-0.1, -0.05) is 67.6 Å². The molecule has 2 aromatic carbocycles. The Bertz CT molecular complexity index is 545. The average Bonchev–Trinajstić information content (AvgIpc) is 2.59. The van der Waals surface area contributed by atoms with E-state index in [4.69, 9.17) is 9.47 Å². The van der Waals surface area contributed by atoms with Gasteiger partial charge in [0, 0.05) is 11.3 Å². The molecule has 0 aromatic heterocycles. The summed E-state index contributed by atoms with van der Waals surface area (Å²) in [6, 6.07) is 18.2.